The number of aromatic nitrogens is 1. The maximum absolute atomic E-state index is 13.9. The monoisotopic (exact) mass is 394 g/mol. The van der Waals surface area contributed by atoms with Gasteiger partial charge in [0.25, 0.3) is 0 Å². The summed E-state index contributed by atoms with van der Waals surface area (Å²) in [7, 11) is 0. The number of carboxylic acid groups (broad SMARTS) is 1. The van der Waals surface area contributed by atoms with E-state index >= 15 is 0 Å². The Morgan fingerprint density at radius 2 is 1.78 bits per heavy atom. The number of rotatable bonds is 6. The second-order valence-corrected chi connectivity index (χ2v) is 6.73. The van der Waals surface area contributed by atoms with Crippen LogP contribution in [0.3, 0.4) is 0 Å². The Morgan fingerprint density at radius 3 is 2.44 bits per heavy atom. The van der Waals surface area contributed by atoms with Crippen molar-refractivity contribution >= 4 is 39.1 Å². The molecule has 1 amide bonds. The first-order chi connectivity index (χ1) is 12.9. The van der Waals surface area contributed by atoms with Crippen LogP contribution in [0, 0.1) is 17.5 Å². The van der Waals surface area contributed by atoms with E-state index in [2.05, 4.69) is 4.98 Å². The number of carboxylic acids is 1. The molecule has 5 nitrogen and oxygen atoms in total. The predicted octanol–water partition coefficient (Wildman–Crippen LogP) is 4.11. The molecule has 140 valence electrons. The van der Waals surface area contributed by atoms with Crippen LogP contribution < -0.4 is 4.90 Å². The lowest BCUT2D eigenvalue weighted by atomic mass is 10.2. The van der Waals surface area contributed by atoms with Gasteiger partial charge in [-0.2, -0.15) is 0 Å². The summed E-state index contributed by atoms with van der Waals surface area (Å²) >= 11 is 0.809. The van der Waals surface area contributed by atoms with Crippen LogP contribution in [0.1, 0.15) is 17.8 Å². The second-order valence-electron chi connectivity index (χ2n) is 5.65. The zero-order chi connectivity index (χ0) is 19.6. The maximum atomic E-state index is 13.9. The maximum Gasteiger partial charge on any atom is 0.303 e. The molecule has 0 unspecified atom stereocenters. The van der Waals surface area contributed by atoms with Crippen LogP contribution in [0.4, 0.5) is 18.9 Å². The van der Waals surface area contributed by atoms with Gasteiger partial charge in [0.1, 0.15) is 16.3 Å². The second kappa shape index (κ2) is 7.75. The molecule has 1 heterocycles. The Labute approximate surface area is 155 Å². The largest absolute Gasteiger partial charge is 0.481 e. The number of hydrogen-bond donors (Lipinski definition) is 1. The molecule has 0 spiro atoms. The number of hydrogen-bond acceptors (Lipinski definition) is 4. The lowest BCUT2D eigenvalue weighted by Gasteiger charge is -2.21. The van der Waals surface area contributed by atoms with Crippen molar-refractivity contribution in [3.63, 3.8) is 0 Å². The number of fused-ring (bicyclic) bond motifs is 1. The molecule has 0 aliphatic carbocycles. The molecule has 27 heavy (non-hydrogen) atoms. The molecule has 9 heteroatoms. The van der Waals surface area contributed by atoms with E-state index in [0.29, 0.717) is 11.8 Å². The summed E-state index contributed by atoms with van der Waals surface area (Å²) in [6.07, 6.45) is -0.594. The molecule has 3 aromatic rings. The van der Waals surface area contributed by atoms with Gasteiger partial charge in [-0.1, -0.05) is 18.2 Å². The lowest BCUT2D eigenvalue weighted by Crippen LogP contribution is -2.30. The summed E-state index contributed by atoms with van der Waals surface area (Å²) in [4.78, 5) is 28.4. The van der Waals surface area contributed by atoms with Gasteiger partial charge in [-0.05, 0) is 12.1 Å². The van der Waals surface area contributed by atoms with Crippen molar-refractivity contribution in [2.24, 2.45) is 0 Å². The smallest absolute Gasteiger partial charge is 0.303 e. The average Bonchev–Trinajstić information content (AvgIpc) is 3.08. The Balaban J connectivity index is 1.95. The van der Waals surface area contributed by atoms with Gasteiger partial charge in [-0.15, -0.1) is 11.3 Å². The third-order valence-corrected chi connectivity index (χ3v) is 4.82. The Kier molecular flexibility index (Phi) is 5.41. The van der Waals surface area contributed by atoms with Gasteiger partial charge >= 0.3 is 5.97 Å². The minimum atomic E-state index is -1.34. The predicted molar refractivity (Wildman–Crippen MR) is 94.0 cm³/mol. The number of thiazole rings is 1. The third kappa shape index (κ3) is 4.08. The van der Waals surface area contributed by atoms with Crippen LogP contribution in [0.25, 0.3) is 10.2 Å². The van der Waals surface area contributed by atoms with Gasteiger partial charge in [0, 0.05) is 18.2 Å². The number of benzene rings is 2. The Bertz CT molecular complexity index is 1010. The molecule has 3 rings (SSSR count). The van der Waals surface area contributed by atoms with Crippen molar-refractivity contribution in [2.75, 3.05) is 4.90 Å². The van der Waals surface area contributed by atoms with E-state index < -0.39 is 34.8 Å². The number of anilines is 1. The lowest BCUT2D eigenvalue weighted by molar-refractivity contribution is -0.138. The Morgan fingerprint density at radius 1 is 1.07 bits per heavy atom. The van der Waals surface area contributed by atoms with Gasteiger partial charge in [0.2, 0.25) is 5.91 Å². The molecule has 0 fully saturated rings. The van der Waals surface area contributed by atoms with Crippen LogP contribution in [0.2, 0.25) is 0 Å². The highest BCUT2D eigenvalue weighted by molar-refractivity contribution is 7.18. The normalized spacial score (nSPS) is 10.9. The molecule has 0 aliphatic rings. The molecule has 0 radical (unpaired) electrons. The van der Waals surface area contributed by atoms with Crippen LogP contribution in [-0.2, 0) is 16.1 Å². The number of para-hydroxylation sites is 1. The van der Waals surface area contributed by atoms with Crippen LogP contribution in [0.5, 0.6) is 0 Å². The number of carbonyl (C=O) groups excluding carboxylic acids is 1. The molecule has 0 atom stereocenters. The first-order valence-corrected chi connectivity index (χ1v) is 8.68. The van der Waals surface area contributed by atoms with Crippen molar-refractivity contribution in [1.29, 1.82) is 0 Å². The van der Waals surface area contributed by atoms with Crippen molar-refractivity contribution in [3.05, 3.63) is 58.9 Å². The number of aliphatic carboxylic acids is 1. The minimum Gasteiger partial charge on any atom is -0.481 e. The fraction of sp³-hybridized carbons (Fsp3) is 0.167. The first kappa shape index (κ1) is 18.8. The summed E-state index contributed by atoms with van der Waals surface area (Å²) in [5, 5.41) is 8.98. The van der Waals surface area contributed by atoms with E-state index in [9.17, 15) is 22.8 Å². The number of nitrogens with zero attached hydrogens (tertiary/aromatic N) is 2. The Hall–Kier alpha value is -2.94. The fourth-order valence-corrected chi connectivity index (χ4v) is 3.47. The average molecular weight is 394 g/mol. The zero-order valence-corrected chi connectivity index (χ0v) is 14.6. The molecule has 0 saturated heterocycles. The molecule has 1 aromatic heterocycles. The number of carbonyl (C=O) groups is 2. The highest BCUT2D eigenvalue weighted by Crippen LogP contribution is 2.30. The molecule has 0 saturated carbocycles. The van der Waals surface area contributed by atoms with Gasteiger partial charge in [0.15, 0.2) is 11.6 Å². The summed E-state index contributed by atoms with van der Waals surface area (Å²) in [6.45, 7) is -0.123. The quantitative estimate of drug-likeness (QED) is 0.639. The van der Waals surface area contributed by atoms with Gasteiger partial charge in [0.05, 0.1) is 17.7 Å². The highest BCUT2D eigenvalue weighted by Gasteiger charge is 2.22. The minimum absolute atomic E-state index is 0.123. The molecule has 2 aromatic carbocycles. The summed E-state index contributed by atoms with van der Waals surface area (Å²) in [5.74, 6) is -5.12. The topological polar surface area (TPSA) is 70.5 Å². The molecular weight excluding hydrogens is 381 g/mol. The molecular formula is C18H13F3N2O3S. The van der Waals surface area contributed by atoms with E-state index in [4.69, 9.17) is 5.11 Å². The van der Waals surface area contributed by atoms with E-state index in [-0.39, 0.29) is 29.1 Å². The van der Waals surface area contributed by atoms with E-state index in [0.717, 1.165) is 11.3 Å². The van der Waals surface area contributed by atoms with Crippen molar-refractivity contribution in [2.45, 2.75) is 19.4 Å². The van der Waals surface area contributed by atoms with Gasteiger partial charge < -0.3 is 10.0 Å². The van der Waals surface area contributed by atoms with Gasteiger partial charge in [-0.3, -0.25) is 9.59 Å². The van der Waals surface area contributed by atoms with Crippen molar-refractivity contribution in [1.82, 2.24) is 4.98 Å². The molecule has 0 aliphatic heterocycles. The van der Waals surface area contributed by atoms with Crippen LogP contribution in [-0.4, -0.2) is 22.0 Å². The summed E-state index contributed by atoms with van der Waals surface area (Å²) in [6, 6.07) is 8.88. The van der Waals surface area contributed by atoms with E-state index in [1.165, 1.54) is 4.90 Å². The standard InChI is InChI=1S/C18H13F3N2O3S/c19-11-8-12(20)18-17(16(11)21)22-13(27-18)9-23(10-4-2-1-3-5-10)14(24)6-7-15(25)26/h1-5,8H,6-7,9H2,(H,25,26). The van der Waals surface area contributed by atoms with E-state index in [1.54, 1.807) is 30.3 Å². The number of halogens is 3. The van der Waals surface area contributed by atoms with Crippen LogP contribution in [0.15, 0.2) is 36.4 Å². The van der Waals surface area contributed by atoms with E-state index in [1.807, 2.05) is 0 Å². The third-order valence-electron chi connectivity index (χ3n) is 3.77. The zero-order valence-electron chi connectivity index (χ0n) is 13.8. The van der Waals surface area contributed by atoms with Crippen molar-refractivity contribution in [3.8, 4) is 0 Å². The molecule has 0 bridgehead atoms. The summed E-state index contributed by atoms with van der Waals surface area (Å²) in [5.41, 5.74) is 0.0535. The fourth-order valence-electron chi connectivity index (χ4n) is 2.51. The SMILES string of the molecule is O=C(O)CCC(=O)N(Cc1nc2c(F)c(F)cc(F)c2s1)c1ccccc1. The number of amides is 1. The molecule has 1 N–H and O–H groups in total. The van der Waals surface area contributed by atoms with Crippen LogP contribution >= 0.6 is 11.3 Å². The first-order valence-electron chi connectivity index (χ1n) is 7.87. The van der Waals surface area contributed by atoms with Gasteiger partial charge in [-0.25, -0.2) is 18.2 Å². The summed E-state index contributed by atoms with van der Waals surface area (Å²) < 4.78 is 41.0. The highest BCUT2D eigenvalue weighted by atomic mass is 32.1. The van der Waals surface area contributed by atoms with Crippen molar-refractivity contribution < 1.29 is 27.9 Å².